The Morgan fingerprint density at radius 2 is 1.97 bits per heavy atom. The number of ether oxygens (including phenoxy) is 2. The molecule has 2 aromatic rings. The van der Waals surface area contributed by atoms with Crippen LogP contribution in [-0.2, 0) is 20.8 Å². The first kappa shape index (κ1) is 24.0. The highest BCUT2D eigenvalue weighted by atomic mass is 32.1. The molecule has 0 saturated carbocycles. The van der Waals surface area contributed by atoms with Crippen molar-refractivity contribution >= 4 is 17.2 Å². The van der Waals surface area contributed by atoms with Crippen LogP contribution < -0.4 is 0 Å². The highest BCUT2D eigenvalue weighted by molar-refractivity contribution is 7.08. The van der Waals surface area contributed by atoms with E-state index in [4.69, 9.17) is 9.47 Å². The van der Waals surface area contributed by atoms with Crippen molar-refractivity contribution in [3.8, 4) is 0 Å². The van der Waals surface area contributed by atoms with E-state index in [1.165, 1.54) is 11.1 Å². The zero-order valence-electron chi connectivity index (χ0n) is 19.3. The first-order chi connectivity index (χ1) is 16.2. The maximum atomic E-state index is 13.4. The topological polar surface area (TPSA) is 62.2 Å². The van der Waals surface area contributed by atoms with Crippen LogP contribution in [0.3, 0.4) is 0 Å². The molecule has 3 atom stereocenters. The zero-order chi connectivity index (χ0) is 23.0. The number of amides is 1. The number of carbonyl (C=O) groups excluding carboxylic acids is 1. The van der Waals surface area contributed by atoms with E-state index in [-0.39, 0.29) is 24.3 Å². The van der Waals surface area contributed by atoms with Crippen LogP contribution in [0.5, 0.6) is 0 Å². The average Bonchev–Trinajstić information content (AvgIpc) is 3.39. The minimum atomic E-state index is -0.491. The highest BCUT2D eigenvalue weighted by Gasteiger charge is 2.39. The maximum Gasteiger partial charge on any atom is 0.288 e. The normalized spacial score (nSPS) is 23.8. The molecule has 6 nitrogen and oxygen atoms in total. The van der Waals surface area contributed by atoms with Crippen molar-refractivity contribution in [1.29, 1.82) is 0 Å². The summed E-state index contributed by atoms with van der Waals surface area (Å²) in [6.07, 6.45) is 2.95. The summed E-state index contributed by atoms with van der Waals surface area (Å²) in [6, 6.07) is 12.6. The molecule has 1 fully saturated rings. The fraction of sp³-hybridized carbons (Fsp3) is 0.500. The van der Waals surface area contributed by atoms with Crippen molar-refractivity contribution in [3.05, 3.63) is 70.1 Å². The number of carbonyl (C=O) groups is 1. The van der Waals surface area contributed by atoms with Crippen LogP contribution in [0.1, 0.15) is 36.8 Å². The van der Waals surface area contributed by atoms with E-state index in [2.05, 4.69) is 46.0 Å². The largest absolute Gasteiger partial charge is 0.459 e. The van der Waals surface area contributed by atoms with Gasteiger partial charge in [-0.25, -0.2) is 0 Å². The lowest BCUT2D eigenvalue weighted by Gasteiger charge is -2.39. The minimum absolute atomic E-state index is 0.0337. The number of hydrogen-bond donors (Lipinski definition) is 1. The Labute approximate surface area is 200 Å². The van der Waals surface area contributed by atoms with Gasteiger partial charge in [0.2, 0.25) is 6.29 Å². The smallest absolute Gasteiger partial charge is 0.288 e. The molecule has 0 aliphatic carbocycles. The van der Waals surface area contributed by atoms with Crippen molar-refractivity contribution in [1.82, 2.24) is 9.80 Å². The van der Waals surface area contributed by atoms with Gasteiger partial charge in [-0.3, -0.25) is 9.69 Å². The molecule has 1 aromatic heterocycles. The highest BCUT2D eigenvalue weighted by Crippen LogP contribution is 2.40. The van der Waals surface area contributed by atoms with Crippen molar-refractivity contribution in [2.24, 2.45) is 5.92 Å². The number of aliphatic hydroxyl groups is 1. The van der Waals surface area contributed by atoms with Crippen LogP contribution in [0.2, 0.25) is 0 Å². The predicted molar refractivity (Wildman–Crippen MR) is 130 cm³/mol. The molecule has 2 aliphatic heterocycles. The van der Waals surface area contributed by atoms with Crippen LogP contribution in [0.4, 0.5) is 0 Å². The lowest BCUT2D eigenvalue weighted by atomic mass is 9.81. The molecule has 1 N–H and O–H groups in total. The fourth-order valence-corrected chi connectivity index (χ4v) is 5.42. The van der Waals surface area contributed by atoms with E-state index in [1.807, 2.05) is 24.0 Å². The third-order valence-electron chi connectivity index (χ3n) is 6.46. The Morgan fingerprint density at radius 3 is 2.64 bits per heavy atom. The molecule has 1 saturated heterocycles. The van der Waals surface area contributed by atoms with E-state index < -0.39 is 6.29 Å². The second-order valence-electron chi connectivity index (χ2n) is 8.64. The average molecular weight is 471 g/mol. The number of nitrogens with zero attached hydrogens (tertiary/aromatic N) is 2. The summed E-state index contributed by atoms with van der Waals surface area (Å²) in [5.74, 6) is 0.429. The number of aliphatic hydroxyl groups excluding tert-OH is 1. The Morgan fingerprint density at radius 1 is 1.18 bits per heavy atom. The van der Waals surface area contributed by atoms with Crippen LogP contribution >= 0.6 is 11.3 Å². The quantitative estimate of drug-likeness (QED) is 0.603. The first-order valence-electron chi connectivity index (χ1n) is 11.9. The van der Waals surface area contributed by atoms with Gasteiger partial charge in [0.15, 0.2) is 5.76 Å². The molecular formula is C26H34N2O4S. The van der Waals surface area contributed by atoms with Crippen molar-refractivity contribution in [3.63, 3.8) is 0 Å². The summed E-state index contributed by atoms with van der Waals surface area (Å²) < 4.78 is 12.1. The molecule has 0 unspecified atom stereocenters. The lowest BCUT2D eigenvalue weighted by molar-refractivity contribution is -0.171. The Kier molecular flexibility index (Phi) is 8.56. The standard InChI is InChI=1S/C26H34N2O4S/c1-2-31-26-22(9-6-15-29)23(21-10-16-33-19-21)17-24(32-26)25(30)28-13-11-27(12-14-28)18-20-7-4-3-5-8-20/h3-5,7-8,10,16-17,19,22-23,26,29H,2,6,9,11-15,18H2,1H3/t22-,23-,26-/m0/s1. The number of allylic oxidation sites excluding steroid dienone is 1. The summed E-state index contributed by atoms with van der Waals surface area (Å²) in [5, 5.41) is 13.6. The first-order valence-corrected chi connectivity index (χ1v) is 12.8. The van der Waals surface area contributed by atoms with E-state index in [0.29, 0.717) is 31.9 Å². The van der Waals surface area contributed by atoms with E-state index >= 15 is 0 Å². The van der Waals surface area contributed by atoms with Crippen LogP contribution in [-0.4, -0.2) is 66.5 Å². The van der Waals surface area contributed by atoms with Crippen LogP contribution in [0, 0.1) is 5.92 Å². The Balaban J connectivity index is 1.45. The molecule has 7 heteroatoms. The predicted octanol–water partition coefficient (Wildman–Crippen LogP) is 3.84. The summed E-state index contributed by atoms with van der Waals surface area (Å²) in [4.78, 5) is 17.7. The van der Waals surface area contributed by atoms with Gasteiger partial charge in [0, 0.05) is 57.8 Å². The van der Waals surface area contributed by atoms with E-state index in [0.717, 1.165) is 26.1 Å². The molecule has 4 rings (SSSR count). The zero-order valence-corrected chi connectivity index (χ0v) is 20.1. The van der Waals surface area contributed by atoms with Crippen molar-refractivity contribution in [2.45, 2.75) is 38.5 Å². The molecule has 1 amide bonds. The number of thiophene rings is 1. The number of rotatable bonds is 9. The monoisotopic (exact) mass is 470 g/mol. The second kappa shape index (κ2) is 11.8. The number of piperazine rings is 1. The molecule has 2 aliphatic rings. The third kappa shape index (κ3) is 6.03. The van der Waals surface area contributed by atoms with Crippen molar-refractivity contribution in [2.75, 3.05) is 39.4 Å². The van der Waals surface area contributed by atoms with Gasteiger partial charge in [0.05, 0.1) is 0 Å². The minimum Gasteiger partial charge on any atom is -0.459 e. The summed E-state index contributed by atoms with van der Waals surface area (Å²) in [6.45, 7) is 6.54. The maximum absolute atomic E-state index is 13.4. The molecule has 0 spiro atoms. The molecule has 0 bridgehead atoms. The molecule has 1 aromatic carbocycles. The van der Waals surface area contributed by atoms with Gasteiger partial charge in [-0.05, 0) is 53.8 Å². The second-order valence-corrected chi connectivity index (χ2v) is 9.42. The SMILES string of the molecule is CCO[C@H]1OC(C(=O)N2CCN(Cc3ccccc3)CC2)=C[C@@H](c2ccsc2)[C@@H]1CCCO. The summed E-state index contributed by atoms with van der Waals surface area (Å²) in [5.41, 5.74) is 2.47. The number of hydrogen-bond acceptors (Lipinski definition) is 6. The van der Waals surface area contributed by atoms with Crippen LogP contribution in [0.25, 0.3) is 0 Å². The van der Waals surface area contributed by atoms with Gasteiger partial charge < -0.3 is 19.5 Å². The van der Waals surface area contributed by atoms with Gasteiger partial charge in [-0.2, -0.15) is 11.3 Å². The van der Waals surface area contributed by atoms with E-state index in [9.17, 15) is 9.90 Å². The van der Waals surface area contributed by atoms with Gasteiger partial charge in [0.1, 0.15) is 0 Å². The van der Waals surface area contributed by atoms with Crippen molar-refractivity contribution < 1.29 is 19.4 Å². The molecule has 178 valence electrons. The Hall–Kier alpha value is -2.19. The molecular weight excluding hydrogens is 436 g/mol. The molecule has 33 heavy (non-hydrogen) atoms. The van der Waals surface area contributed by atoms with Gasteiger partial charge in [-0.1, -0.05) is 30.3 Å². The van der Waals surface area contributed by atoms with Gasteiger partial charge in [0.25, 0.3) is 5.91 Å². The lowest BCUT2D eigenvalue weighted by Crippen LogP contribution is -2.49. The summed E-state index contributed by atoms with van der Waals surface area (Å²) >= 11 is 1.65. The fourth-order valence-electron chi connectivity index (χ4n) is 4.71. The summed E-state index contributed by atoms with van der Waals surface area (Å²) in [7, 11) is 0. The molecule has 0 radical (unpaired) electrons. The van der Waals surface area contributed by atoms with Gasteiger partial charge >= 0.3 is 0 Å². The Bertz CT molecular complexity index is 894. The third-order valence-corrected chi connectivity index (χ3v) is 7.16. The number of benzene rings is 1. The van der Waals surface area contributed by atoms with Crippen LogP contribution in [0.15, 0.2) is 59.0 Å². The van der Waals surface area contributed by atoms with E-state index in [1.54, 1.807) is 11.3 Å². The van der Waals surface area contributed by atoms with Gasteiger partial charge in [-0.15, -0.1) is 0 Å². The molecule has 3 heterocycles.